The molecular weight excluding hydrogens is 389 g/mol. The molecule has 2 atom stereocenters. The lowest BCUT2D eigenvalue weighted by Crippen LogP contribution is -2.49. The highest BCUT2D eigenvalue weighted by Gasteiger charge is 2.39. The van der Waals surface area contributed by atoms with E-state index in [0.29, 0.717) is 17.3 Å². The van der Waals surface area contributed by atoms with Gasteiger partial charge in [-0.25, -0.2) is 17.1 Å². The lowest BCUT2D eigenvalue weighted by Gasteiger charge is -2.29. The minimum Gasteiger partial charge on any atom is -0.369 e. The molecule has 0 saturated carbocycles. The summed E-state index contributed by atoms with van der Waals surface area (Å²) in [4.78, 5) is 36.3. The van der Waals surface area contributed by atoms with Crippen LogP contribution in [-0.2, 0) is 24.4 Å². The number of ketones is 1. The van der Waals surface area contributed by atoms with Crippen LogP contribution >= 0.6 is 0 Å². The highest BCUT2D eigenvalue weighted by Crippen LogP contribution is 2.24. The summed E-state index contributed by atoms with van der Waals surface area (Å²) < 4.78 is 40.1. The van der Waals surface area contributed by atoms with Gasteiger partial charge in [0.15, 0.2) is 5.78 Å². The molecule has 154 valence electrons. The number of nitrogens with zero attached hydrogens (tertiary/aromatic N) is 1. The van der Waals surface area contributed by atoms with Crippen molar-refractivity contribution < 1.29 is 27.2 Å². The fraction of sp³-hybridized carbons (Fsp3) is 0.500. The molecule has 0 radical (unpaired) electrons. The van der Waals surface area contributed by atoms with Crippen molar-refractivity contribution in [2.75, 3.05) is 13.1 Å². The first kappa shape index (κ1) is 22.0. The summed E-state index contributed by atoms with van der Waals surface area (Å²) in [7, 11) is -4.38. The predicted octanol–water partition coefficient (Wildman–Crippen LogP) is 0.566. The summed E-state index contributed by atoms with van der Waals surface area (Å²) in [6, 6.07) is 2.90. The Morgan fingerprint density at radius 2 is 1.96 bits per heavy atom. The molecule has 2 rings (SSSR count). The van der Waals surface area contributed by atoms with Gasteiger partial charge in [-0.3, -0.25) is 14.4 Å². The Kier molecular flexibility index (Phi) is 7.25. The second kappa shape index (κ2) is 9.24. The highest BCUT2D eigenvalue weighted by atomic mass is 32.2. The van der Waals surface area contributed by atoms with Gasteiger partial charge in [-0.1, -0.05) is 6.92 Å². The van der Waals surface area contributed by atoms with Gasteiger partial charge in [0.1, 0.15) is 11.9 Å². The van der Waals surface area contributed by atoms with E-state index in [1.165, 1.54) is 6.92 Å². The van der Waals surface area contributed by atoms with E-state index in [1.54, 1.807) is 0 Å². The maximum absolute atomic E-state index is 13.2. The van der Waals surface area contributed by atoms with Crippen molar-refractivity contribution in [2.24, 2.45) is 11.7 Å². The lowest BCUT2D eigenvalue weighted by molar-refractivity contribution is -0.134. The van der Waals surface area contributed by atoms with E-state index in [2.05, 4.69) is 5.32 Å². The predicted molar refractivity (Wildman–Crippen MR) is 98.9 cm³/mol. The standard InChI is InChI=1S/C18H24FN3O5S/c1-12(18(20)25)4-9-17(24)22(15-3-2-10-21-11-16(15)23)28(26,27)14-7-5-13(19)6-8-14/h5-8,12,15,21H,2-4,9-11H2,1H3,(H2,20,25)/t12?,15-/m0/s1. The number of primary amides is 1. The normalized spacial score (nSPS) is 18.9. The molecule has 0 aliphatic carbocycles. The number of nitrogens with two attached hydrogens (primary N) is 1. The quantitative estimate of drug-likeness (QED) is 0.673. The molecule has 1 aliphatic heterocycles. The first-order valence-corrected chi connectivity index (χ1v) is 10.4. The Bertz CT molecular complexity index is 841. The van der Waals surface area contributed by atoms with Gasteiger partial charge in [0.25, 0.3) is 10.0 Å². The van der Waals surface area contributed by atoms with Crippen molar-refractivity contribution in [1.29, 1.82) is 0 Å². The smallest absolute Gasteiger partial charge is 0.267 e. The Balaban J connectivity index is 2.39. The molecule has 10 heteroatoms. The van der Waals surface area contributed by atoms with Gasteiger partial charge in [-0.15, -0.1) is 0 Å². The number of hydrogen-bond acceptors (Lipinski definition) is 6. The molecule has 1 aromatic rings. The van der Waals surface area contributed by atoms with Crippen LogP contribution in [0, 0.1) is 11.7 Å². The lowest BCUT2D eigenvalue weighted by atomic mass is 10.0. The molecule has 2 amide bonds. The molecule has 0 aromatic heterocycles. The van der Waals surface area contributed by atoms with Crippen LogP contribution in [0.3, 0.4) is 0 Å². The number of rotatable bonds is 7. The average molecular weight is 413 g/mol. The van der Waals surface area contributed by atoms with E-state index in [1.807, 2.05) is 0 Å². The van der Waals surface area contributed by atoms with Crippen molar-refractivity contribution in [3.8, 4) is 0 Å². The van der Waals surface area contributed by atoms with Crippen LogP contribution in [0.15, 0.2) is 29.2 Å². The first-order valence-electron chi connectivity index (χ1n) is 9.00. The second-order valence-electron chi connectivity index (χ2n) is 6.79. The van der Waals surface area contributed by atoms with E-state index < -0.39 is 45.4 Å². The van der Waals surface area contributed by atoms with E-state index >= 15 is 0 Å². The monoisotopic (exact) mass is 413 g/mol. The van der Waals surface area contributed by atoms with E-state index in [0.717, 1.165) is 24.3 Å². The van der Waals surface area contributed by atoms with Crippen LogP contribution < -0.4 is 11.1 Å². The number of carbonyl (C=O) groups is 3. The van der Waals surface area contributed by atoms with E-state index in [-0.39, 0.29) is 30.7 Å². The topological polar surface area (TPSA) is 127 Å². The molecule has 8 nitrogen and oxygen atoms in total. The molecule has 1 saturated heterocycles. The van der Waals surface area contributed by atoms with Crippen molar-refractivity contribution in [3.05, 3.63) is 30.1 Å². The largest absolute Gasteiger partial charge is 0.369 e. The summed E-state index contributed by atoms with van der Waals surface area (Å²) in [6.45, 7) is 2.01. The third-order valence-corrected chi connectivity index (χ3v) is 6.52. The zero-order chi connectivity index (χ0) is 20.9. The van der Waals surface area contributed by atoms with Crippen molar-refractivity contribution in [3.63, 3.8) is 0 Å². The first-order chi connectivity index (χ1) is 13.1. The van der Waals surface area contributed by atoms with Crippen LogP contribution in [0.2, 0.25) is 0 Å². The number of nitrogens with one attached hydrogen (secondary N) is 1. The van der Waals surface area contributed by atoms with Crippen LogP contribution in [0.25, 0.3) is 0 Å². The van der Waals surface area contributed by atoms with Gasteiger partial charge in [0.2, 0.25) is 11.8 Å². The minimum absolute atomic E-state index is 0.0505. The van der Waals surface area contributed by atoms with E-state index in [4.69, 9.17) is 5.73 Å². The Morgan fingerprint density at radius 3 is 2.57 bits per heavy atom. The van der Waals surface area contributed by atoms with Crippen LogP contribution in [-0.4, -0.2) is 49.5 Å². The SMILES string of the molecule is CC(CCC(=O)N([C@H]1CCCNCC1=O)S(=O)(=O)c1ccc(F)cc1)C(N)=O. The molecule has 1 heterocycles. The third kappa shape index (κ3) is 5.14. The van der Waals surface area contributed by atoms with Crippen molar-refractivity contribution in [2.45, 2.75) is 43.5 Å². The minimum atomic E-state index is -4.38. The Hall–Kier alpha value is -2.33. The van der Waals surface area contributed by atoms with Crippen LogP contribution in [0.5, 0.6) is 0 Å². The van der Waals surface area contributed by atoms with Crippen molar-refractivity contribution >= 4 is 27.6 Å². The summed E-state index contributed by atoms with van der Waals surface area (Å²) in [5.41, 5.74) is 5.19. The summed E-state index contributed by atoms with van der Waals surface area (Å²) >= 11 is 0. The van der Waals surface area contributed by atoms with Crippen LogP contribution in [0.4, 0.5) is 4.39 Å². The number of hydrogen-bond donors (Lipinski definition) is 2. The maximum Gasteiger partial charge on any atom is 0.267 e. The molecule has 0 bridgehead atoms. The van der Waals surface area contributed by atoms with Gasteiger partial charge in [-0.05, 0) is 50.1 Å². The molecule has 1 aromatic carbocycles. The number of benzene rings is 1. The van der Waals surface area contributed by atoms with Gasteiger partial charge in [0.05, 0.1) is 11.4 Å². The second-order valence-corrected chi connectivity index (χ2v) is 8.61. The van der Waals surface area contributed by atoms with Gasteiger partial charge >= 0.3 is 0 Å². The Morgan fingerprint density at radius 1 is 1.32 bits per heavy atom. The van der Waals surface area contributed by atoms with Gasteiger partial charge < -0.3 is 11.1 Å². The molecular formula is C18H24FN3O5S. The average Bonchev–Trinajstić information content (AvgIpc) is 2.84. The Labute approximate surface area is 163 Å². The number of amides is 2. The van der Waals surface area contributed by atoms with Gasteiger partial charge in [0, 0.05) is 12.3 Å². The number of carbonyl (C=O) groups excluding carboxylic acids is 3. The fourth-order valence-corrected chi connectivity index (χ4v) is 4.57. The fourth-order valence-electron chi connectivity index (χ4n) is 2.95. The number of Topliss-reactive ketones (excluding diaryl/α,β-unsaturated/α-hetero) is 1. The molecule has 3 N–H and O–H groups in total. The number of halogens is 1. The van der Waals surface area contributed by atoms with Crippen LogP contribution in [0.1, 0.15) is 32.6 Å². The van der Waals surface area contributed by atoms with Crippen molar-refractivity contribution in [1.82, 2.24) is 9.62 Å². The summed E-state index contributed by atoms with van der Waals surface area (Å²) in [5.74, 6) is -3.06. The maximum atomic E-state index is 13.2. The van der Waals surface area contributed by atoms with Gasteiger partial charge in [-0.2, -0.15) is 0 Å². The van der Waals surface area contributed by atoms with E-state index in [9.17, 15) is 27.2 Å². The molecule has 0 spiro atoms. The molecule has 1 aliphatic rings. The summed E-state index contributed by atoms with van der Waals surface area (Å²) in [5, 5.41) is 2.89. The highest BCUT2D eigenvalue weighted by molar-refractivity contribution is 7.89. The molecule has 1 unspecified atom stereocenters. The molecule has 28 heavy (non-hydrogen) atoms. The zero-order valence-corrected chi connectivity index (χ0v) is 16.4. The zero-order valence-electron chi connectivity index (χ0n) is 15.6. The number of sulfonamides is 1. The summed E-state index contributed by atoms with van der Waals surface area (Å²) in [6.07, 6.45) is 0.491. The third-order valence-electron chi connectivity index (χ3n) is 4.68. The molecule has 1 fully saturated rings.